The van der Waals surface area contributed by atoms with Gasteiger partial charge in [-0.25, -0.2) is 9.59 Å². The third-order valence-electron chi connectivity index (χ3n) is 3.88. The van der Waals surface area contributed by atoms with Gasteiger partial charge in [-0.05, 0) is 12.1 Å². The van der Waals surface area contributed by atoms with Crippen LogP contribution in [0.3, 0.4) is 0 Å². The van der Waals surface area contributed by atoms with Crippen LogP contribution in [0.2, 0.25) is 0 Å². The number of nitrogens with zero attached hydrogens (tertiary/aromatic N) is 1. The average Bonchev–Trinajstić information content (AvgIpc) is 3.16. The highest BCUT2D eigenvalue weighted by atomic mass is 32.2. The Kier molecular flexibility index (Phi) is 4.90. The maximum Gasteiger partial charge on any atom is 0.404 e. The lowest BCUT2D eigenvalue weighted by molar-refractivity contribution is -0.150. The van der Waals surface area contributed by atoms with Crippen LogP contribution in [0.5, 0.6) is 0 Å². The largest absolute Gasteiger partial charge is 0.477 e. The number of ether oxygens (including phenoxy) is 1. The molecule has 1 aromatic heterocycles. The molecule has 1 saturated heterocycles. The first-order valence-electron chi connectivity index (χ1n) is 7.52. The van der Waals surface area contributed by atoms with Gasteiger partial charge in [-0.2, -0.15) is 0 Å². The van der Waals surface area contributed by atoms with Gasteiger partial charge in [0.1, 0.15) is 23.7 Å². The van der Waals surface area contributed by atoms with Crippen LogP contribution < -0.4 is 11.1 Å². The van der Waals surface area contributed by atoms with Crippen LogP contribution in [0.4, 0.5) is 4.79 Å². The number of thioether (sulfide) groups is 1. The molecule has 11 nitrogen and oxygen atoms in total. The van der Waals surface area contributed by atoms with E-state index in [1.165, 1.54) is 18.4 Å². The van der Waals surface area contributed by atoms with Crippen molar-refractivity contribution in [3.05, 3.63) is 35.4 Å². The van der Waals surface area contributed by atoms with E-state index in [1.807, 2.05) is 0 Å². The highest BCUT2D eigenvalue weighted by Gasteiger charge is 2.54. The molecule has 1 fully saturated rings. The summed E-state index contributed by atoms with van der Waals surface area (Å²) in [5.74, 6) is -4.09. The number of hydrogen-bond donors (Lipinski definition) is 3. The quantitative estimate of drug-likeness (QED) is 0.320. The Bertz CT molecular complexity index is 862. The molecule has 1 aromatic rings. The van der Waals surface area contributed by atoms with Gasteiger partial charge in [-0.3, -0.25) is 19.3 Å². The topological polar surface area (TPSA) is 169 Å². The Morgan fingerprint density at radius 3 is 2.74 bits per heavy atom. The fourth-order valence-corrected chi connectivity index (χ4v) is 4.01. The van der Waals surface area contributed by atoms with Crippen molar-refractivity contribution in [3.63, 3.8) is 0 Å². The number of fused-ring (bicyclic) bond motifs is 1. The van der Waals surface area contributed by atoms with Crippen LogP contribution in [0.15, 0.2) is 34.1 Å². The summed E-state index contributed by atoms with van der Waals surface area (Å²) < 4.78 is 9.45. The number of hydrogen-bond acceptors (Lipinski definition) is 8. The number of ketones is 1. The zero-order valence-corrected chi connectivity index (χ0v) is 14.4. The molecule has 27 heavy (non-hydrogen) atoms. The van der Waals surface area contributed by atoms with Crippen molar-refractivity contribution in [2.45, 2.75) is 11.4 Å². The molecule has 12 heteroatoms. The molecule has 2 aliphatic heterocycles. The molecular weight excluding hydrogens is 382 g/mol. The normalized spacial score (nSPS) is 21.2. The number of carboxylic acids is 1. The van der Waals surface area contributed by atoms with E-state index in [2.05, 4.69) is 10.1 Å². The number of aliphatic carboxylic acids is 1. The third-order valence-corrected chi connectivity index (χ3v) is 5.22. The lowest BCUT2D eigenvalue weighted by atomic mass is 10.0. The van der Waals surface area contributed by atoms with Gasteiger partial charge in [0.05, 0.1) is 6.26 Å². The van der Waals surface area contributed by atoms with Gasteiger partial charge in [0.25, 0.3) is 17.6 Å². The number of primary amides is 1. The molecule has 0 unspecified atom stereocenters. The van der Waals surface area contributed by atoms with Crippen LogP contribution in [0.25, 0.3) is 0 Å². The Morgan fingerprint density at radius 1 is 1.41 bits per heavy atom. The number of nitrogens with two attached hydrogens (primary N) is 1. The Hall–Kier alpha value is -3.28. The Morgan fingerprint density at radius 2 is 2.15 bits per heavy atom. The minimum absolute atomic E-state index is 0.141. The molecule has 0 spiro atoms. The second kappa shape index (κ2) is 7.15. The van der Waals surface area contributed by atoms with E-state index in [1.54, 1.807) is 0 Å². The first-order chi connectivity index (χ1) is 12.8. The molecule has 0 radical (unpaired) electrons. The summed E-state index contributed by atoms with van der Waals surface area (Å²) in [5, 5.41) is 11.0. The number of nitrogens with one attached hydrogen (secondary N) is 1. The van der Waals surface area contributed by atoms with Crippen LogP contribution in [-0.4, -0.2) is 63.4 Å². The summed E-state index contributed by atoms with van der Waals surface area (Å²) in [7, 11) is 0. The minimum atomic E-state index is -1.38. The van der Waals surface area contributed by atoms with Crippen LogP contribution >= 0.6 is 11.8 Å². The van der Waals surface area contributed by atoms with Gasteiger partial charge in [-0.15, -0.1) is 11.8 Å². The predicted molar refractivity (Wildman–Crippen MR) is 88.3 cm³/mol. The van der Waals surface area contributed by atoms with Gasteiger partial charge in [0.15, 0.2) is 5.76 Å². The molecule has 0 aromatic carbocycles. The molecule has 3 amide bonds. The van der Waals surface area contributed by atoms with Crippen LogP contribution in [0.1, 0.15) is 10.6 Å². The maximum atomic E-state index is 12.4. The molecule has 0 bridgehead atoms. The Balaban J connectivity index is 1.73. The molecule has 4 N–H and O–H groups in total. The molecule has 2 aliphatic rings. The van der Waals surface area contributed by atoms with Gasteiger partial charge >= 0.3 is 12.1 Å². The average molecular weight is 395 g/mol. The molecule has 0 aliphatic carbocycles. The highest BCUT2D eigenvalue weighted by molar-refractivity contribution is 8.00. The number of carbonyl (C=O) groups excluding carboxylic acids is 4. The van der Waals surface area contributed by atoms with E-state index < -0.39 is 41.1 Å². The fourth-order valence-electron chi connectivity index (χ4n) is 2.68. The Labute approximate surface area is 155 Å². The summed E-state index contributed by atoms with van der Waals surface area (Å²) in [5.41, 5.74) is 4.75. The first-order valence-corrected chi connectivity index (χ1v) is 8.57. The second-order valence-corrected chi connectivity index (χ2v) is 6.64. The SMILES string of the molecule is NC(=O)OCC1=C(C(=O)O)N2C(=O)[C@@H](NC(=O)C(=O)c3ccco3)[C@H]2SC1. The van der Waals surface area contributed by atoms with E-state index in [0.717, 1.165) is 16.7 Å². The zero-order chi connectivity index (χ0) is 19.7. The van der Waals surface area contributed by atoms with Crippen molar-refractivity contribution < 1.29 is 38.2 Å². The van der Waals surface area contributed by atoms with Crippen molar-refractivity contribution in [2.24, 2.45) is 5.73 Å². The standard InChI is InChI=1S/C15H13N3O8S/c16-15(24)26-4-6-5-27-13-8(12(21)18(13)9(6)14(22)23)17-11(20)10(19)7-2-1-3-25-7/h1-3,8,13H,4-5H2,(H2,16,24)(H,17,20)(H,22,23)/t8-,13-/m1/s1. The minimum Gasteiger partial charge on any atom is -0.477 e. The number of carbonyl (C=O) groups is 5. The van der Waals surface area contributed by atoms with Gasteiger partial charge in [0, 0.05) is 11.3 Å². The number of carboxylic acid groups (broad SMARTS) is 1. The maximum absolute atomic E-state index is 12.4. The summed E-state index contributed by atoms with van der Waals surface area (Å²) >= 11 is 1.16. The third kappa shape index (κ3) is 3.38. The van der Waals surface area contributed by atoms with E-state index >= 15 is 0 Å². The summed E-state index contributed by atoms with van der Waals surface area (Å²) in [4.78, 5) is 59.6. The molecule has 3 rings (SSSR count). The lowest BCUT2D eigenvalue weighted by Crippen LogP contribution is -2.71. The monoisotopic (exact) mass is 395 g/mol. The molecule has 3 heterocycles. The van der Waals surface area contributed by atoms with E-state index in [0.29, 0.717) is 0 Å². The summed E-state index contributed by atoms with van der Waals surface area (Å²) in [6.45, 7) is -0.367. The van der Waals surface area contributed by atoms with Crippen molar-refractivity contribution >= 4 is 41.4 Å². The fraction of sp³-hybridized carbons (Fsp3) is 0.267. The number of furan rings is 1. The predicted octanol–water partition coefficient (Wildman–Crippen LogP) is -0.704. The number of rotatable bonds is 6. The number of β-lactam (4-membered cyclic amide) rings is 1. The summed E-state index contributed by atoms with van der Waals surface area (Å²) in [6, 6.07) is 1.69. The number of Topliss-reactive ketones (excluding diaryl/α,β-unsaturated/α-hetero) is 1. The summed E-state index contributed by atoms with van der Waals surface area (Å²) in [6.07, 6.45) is 0.156. The first kappa shape index (κ1) is 18.5. The molecule has 0 saturated carbocycles. The van der Waals surface area contributed by atoms with E-state index in [4.69, 9.17) is 10.2 Å². The van der Waals surface area contributed by atoms with Crippen molar-refractivity contribution in [1.29, 1.82) is 0 Å². The molecular formula is C15H13N3O8S. The van der Waals surface area contributed by atoms with Gasteiger partial charge in [0.2, 0.25) is 0 Å². The smallest absolute Gasteiger partial charge is 0.404 e. The van der Waals surface area contributed by atoms with Crippen LogP contribution in [0, 0.1) is 0 Å². The van der Waals surface area contributed by atoms with Gasteiger partial charge < -0.3 is 25.3 Å². The van der Waals surface area contributed by atoms with E-state index in [9.17, 15) is 29.1 Å². The van der Waals surface area contributed by atoms with Crippen LogP contribution in [-0.2, 0) is 19.1 Å². The number of amides is 3. The van der Waals surface area contributed by atoms with E-state index in [-0.39, 0.29) is 29.4 Å². The molecule has 2 atom stereocenters. The van der Waals surface area contributed by atoms with Crippen molar-refractivity contribution in [3.8, 4) is 0 Å². The van der Waals surface area contributed by atoms with Crippen molar-refractivity contribution in [1.82, 2.24) is 10.2 Å². The highest BCUT2D eigenvalue weighted by Crippen LogP contribution is 2.40. The molecule has 142 valence electrons. The van der Waals surface area contributed by atoms with Crippen molar-refractivity contribution in [2.75, 3.05) is 12.4 Å². The second-order valence-electron chi connectivity index (χ2n) is 5.53. The zero-order valence-electron chi connectivity index (χ0n) is 13.5. The van der Waals surface area contributed by atoms with Gasteiger partial charge in [-0.1, -0.05) is 0 Å². The lowest BCUT2D eigenvalue weighted by Gasteiger charge is -2.49.